The number of nitrogens with zero attached hydrogens (tertiary/aromatic N) is 4. The lowest BCUT2D eigenvalue weighted by Gasteiger charge is -2.31. The molecule has 8 heteroatoms. The number of anilines is 1. The number of benzene rings is 2. The van der Waals surface area contributed by atoms with Gasteiger partial charge in [0.25, 0.3) is 5.89 Å². The summed E-state index contributed by atoms with van der Waals surface area (Å²) in [4.78, 5) is 22.9. The lowest BCUT2D eigenvalue weighted by atomic mass is 9.96. The molecule has 3 heterocycles. The molecule has 1 amide bonds. The number of primary amides is 1. The van der Waals surface area contributed by atoms with E-state index in [0.717, 1.165) is 22.3 Å². The Morgan fingerprint density at radius 1 is 1.06 bits per heavy atom. The van der Waals surface area contributed by atoms with Crippen molar-refractivity contribution in [1.29, 1.82) is 0 Å². The van der Waals surface area contributed by atoms with Gasteiger partial charge in [-0.05, 0) is 37.1 Å². The highest BCUT2D eigenvalue weighted by Crippen LogP contribution is 2.33. The third-order valence-corrected chi connectivity index (χ3v) is 5.66. The Balaban J connectivity index is 1.54. The monoisotopic (exact) mass is 417 g/mol. The van der Waals surface area contributed by atoms with Crippen molar-refractivity contribution < 1.29 is 13.7 Å². The molecule has 4 aromatic rings. The van der Waals surface area contributed by atoms with Crippen LogP contribution in [0, 0.1) is 11.7 Å². The lowest BCUT2D eigenvalue weighted by molar-refractivity contribution is -0.122. The van der Waals surface area contributed by atoms with Gasteiger partial charge in [0.2, 0.25) is 11.7 Å². The van der Waals surface area contributed by atoms with E-state index < -0.39 is 0 Å². The zero-order valence-electron chi connectivity index (χ0n) is 16.7. The summed E-state index contributed by atoms with van der Waals surface area (Å²) >= 11 is 0. The Labute approximate surface area is 177 Å². The lowest BCUT2D eigenvalue weighted by Crippen LogP contribution is -2.38. The molecule has 1 saturated heterocycles. The minimum atomic E-state index is -0.361. The first-order valence-corrected chi connectivity index (χ1v) is 10.1. The molecule has 31 heavy (non-hydrogen) atoms. The summed E-state index contributed by atoms with van der Waals surface area (Å²) in [5.41, 5.74) is 7.57. The van der Waals surface area contributed by atoms with Crippen LogP contribution in [0.5, 0.6) is 0 Å². The molecule has 1 fully saturated rings. The van der Waals surface area contributed by atoms with Crippen molar-refractivity contribution in [2.24, 2.45) is 11.7 Å². The summed E-state index contributed by atoms with van der Waals surface area (Å²) in [7, 11) is 0. The maximum atomic E-state index is 13.6. The van der Waals surface area contributed by atoms with Crippen LogP contribution in [-0.4, -0.2) is 34.1 Å². The summed E-state index contributed by atoms with van der Waals surface area (Å²) < 4.78 is 19.2. The summed E-state index contributed by atoms with van der Waals surface area (Å²) in [5, 5.41) is 4.93. The number of pyridine rings is 1. The first-order valence-electron chi connectivity index (χ1n) is 10.1. The van der Waals surface area contributed by atoms with Gasteiger partial charge in [-0.2, -0.15) is 4.98 Å². The fourth-order valence-corrected chi connectivity index (χ4v) is 3.97. The molecule has 1 aliphatic heterocycles. The van der Waals surface area contributed by atoms with Gasteiger partial charge in [0, 0.05) is 30.0 Å². The van der Waals surface area contributed by atoms with E-state index in [-0.39, 0.29) is 17.6 Å². The van der Waals surface area contributed by atoms with Crippen LogP contribution in [0.4, 0.5) is 10.2 Å². The Morgan fingerprint density at radius 2 is 1.87 bits per heavy atom. The van der Waals surface area contributed by atoms with Gasteiger partial charge in [0.1, 0.15) is 11.6 Å². The van der Waals surface area contributed by atoms with Gasteiger partial charge >= 0.3 is 0 Å². The minimum Gasteiger partial charge on any atom is -0.369 e. The van der Waals surface area contributed by atoms with Crippen molar-refractivity contribution in [3.8, 4) is 22.8 Å². The number of aromatic nitrogens is 3. The predicted octanol–water partition coefficient (Wildman–Crippen LogP) is 3.79. The number of piperidine rings is 1. The molecule has 0 unspecified atom stereocenters. The Bertz CT molecular complexity index is 1260. The molecule has 0 radical (unpaired) electrons. The van der Waals surface area contributed by atoms with Crippen molar-refractivity contribution in [2.75, 3.05) is 18.0 Å². The topological polar surface area (TPSA) is 98.1 Å². The first kappa shape index (κ1) is 19.2. The van der Waals surface area contributed by atoms with Gasteiger partial charge < -0.3 is 15.2 Å². The summed E-state index contributed by atoms with van der Waals surface area (Å²) in [5.74, 6) is 0.732. The second kappa shape index (κ2) is 7.79. The van der Waals surface area contributed by atoms with Crippen molar-refractivity contribution in [3.05, 3.63) is 60.4 Å². The number of amides is 1. The summed E-state index contributed by atoms with van der Waals surface area (Å²) in [6.45, 7) is 1.38. The van der Waals surface area contributed by atoms with Crippen LogP contribution in [0.2, 0.25) is 0 Å². The maximum absolute atomic E-state index is 13.6. The third-order valence-electron chi connectivity index (χ3n) is 5.66. The molecular weight excluding hydrogens is 397 g/mol. The molecule has 156 valence electrons. The van der Waals surface area contributed by atoms with E-state index in [1.54, 1.807) is 12.1 Å². The molecule has 2 aromatic heterocycles. The molecule has 0 atom stereocenters. The van der Waals surface area contributed by atoms with Gasteiger partial charge in [-0.15, -0.1) is 0 Å². The molecule has 7 nitrogen and oxygen atoms in total. The van der Waals surface area contributed by atoms with E-state index in [9.17, 15) is 9.18 Å². The number of hydrogen-bond donors (Lipinski definition) is 1. The molecule has 0 spiro atoms. The van der Waals surface area contributed by atoms with Crippen LogP contribution >= 0.6 is 0 Å². The van der Waals surface area contributed by atoms with E-state index in [2.05, 4.69) is 15.0 Å². The molecule has 2 aromatic carbocycles. The average Bonchev–Trinajstić information content (AvgIpc) is 3.28. The highest BCUT2D eigenvalue weighted by atomic mass is 19.1. The van der Waals surface area contributed by atoms with E-state index in [1.807, 2.05) is 30.3 Å². The fraction of sp³-hybridized carbons (Fsp3) is 0.217. The number of halogens is 1. The zero-order chi connectivity index (χ0) is 21.4. The first-order chi connectivity index (χ1) is 15.1. The Hall–Kier alpha value is -3.81. The molecule has 5 rings (SSSR count). The highest BCUT2D eigenvalue weighted by molar-refractivity contribution is 5.94. The van der Waals surface area contributed by atoms with Crippen LogP contribution in [0.1, 0.15) is 12.8 Å². The maximum Gasteiger partial charge on any atom is 0.259 e. The molecule has 2 N–H and O–H groups in total. The van der Waals surface area contributed by atoms with E-state index in [0.29, 0.717) is 43.2 Å². The Kier molecular flexibility index (Phi) is 4.82. The second-order valence-electron chi connectivity index (χ2n) is 7.64. The zero-order valence-corrected chi connectivity index (χ0v) is 16.7. The largest absolute Gasteiger partial charge is 0.369 e. The summed E-state index contributed by atoms with van der Waals surface area (Å²) in [6, 6.07) is 15.7. The number of hydrogen-bond acceptors (Lipinski definition) is 6. The normalized spacial score (nSPS) is 14.8. The molecule has 0 aliphatic carbocycles. The molecule has 1 aliphatic rings. The highest BCUT2D eigenvalue weighted by Gasteiger charge is 2.25. The van der Waals surface area contributed by atoms with E-state index in [1.165, 1.54) is 12.1 Å². The van der Waals surface area contributed by atoms with Crippen LogP contribution < -0.4 is 10.6 Å². The van der Waals surface area contributed by atoms with Gasteiger partial charge in [-0.25, -0.2) is 9.37 Å². The third kappa shape index (κ3) is 3.72. The molecular formula is C23H20FN5O2. The van der Waals surface area contributed by atoms with Crippen LogP contribution in [0.3, 0.4) is 0 Å². The van der Waals surface area contributed by atoms with E-state index >= 15 is 0 Å². The molecule has 0 bridgehead atoms. The van der Waals surface area contributed by atoms with Crippen LogP contribution in [0.25, 0.3) is 33.7 Å². The van der Waals surface area contributed by atoms with Crippen molar-refractivity contribution in [1.82, 2.24) is 15.1 Å². The van der Waals surface area contributed by atoms with Gasteiger partial charge in [-0.1, -0.05) is 35.5 Å². The second-order valence-corrected chi connectivity index (χ2v) is 7.64. The quantitative estimate of drug-likeness (QED) is 0.542. The number of fused-ring (bicyclic) bond motifs is 1. The number of rotatable bonds is 4. The number of carbonyl (C=O) groups excluding carboxylic acids is 1. The Morgan fingerprint density at radius 3 is 2.65 bits per heavy atom. The molecule has 0 saturated carbocycles. The van der Waals surface area contributed by atoms with Gasteiger partial charge in [-0.3, -0.25) is 4.79 Å². The minimum absolute atomic E-state index is 0.0963. The van der Waals surface area contributed by atoms with Gasteiger partial charge in [0.05, 0.1) is 11.1 Å². The van der Waals surface area contributed by atoms with Crippen molar-refractivity contribution in [3.63, 3.8) is 0 Å². The fourth-order valence-electron chi connectivity index (χ4n) is 3.97. The van der Waals surface area contributed by atoms with Crippen LogP contribution in [-0.2, 0) is 4.79 Å². The number of carbonyl (C=O) groups is 1. The predicted molar refractivity (Wildman–Crippen MR) is 115 cm³/mol. The number of nitrogens with two attached hydrogens (primary N) is 1. The number of para-hydroxylation sites is 1. The SMILES string of the molecule is NC(=O)C1CCN(c2cc(-c3nc(-c4cccc(F)c4)no3)c3ccccc3n2)CC1. The smallest absolute Gasteiger partial charge is 0.259 e. The standard InChI is InChI=1S/C23H20FN5O2/c24-16-5-3-4-15(12-16)22-27-23(31-28-22)18-13-20(26-19-7-2-1-6-17(18)19)29-10-8-14(9-11-29)21(25)30/h1-7,12-14H,8-11H2,(H2,25,30). The van der Waals surface area contributed by atoms with Crippen LogP contribution in [0.15, 0.2) is 59.1 Å². The van der Waals surface area contributed by atoms with Gasteiger partial charge in [0.15, 0.2) is 0 Å². The van der Waals surface area contributed by atoms with Crippen molar-refractivity contribution >= 4 is 22.6 Å². The van der Waals surface area contributed by atoms with E-state index in [4.69, 9.17) is 15.2 Å². The summed E-state index contributed by atoms with van der Waals surface area (Å²) in [6.07, 6.45) is 1.40. The average molecular weight is 417 g/mol. The van der Waals surface area contributed by atoms with Crippen molar-refractivity contribution in [2.45, 2.75) is 12.8 Å².